The van der Waals surface area contributed by atoms with Crippen molar-refractivity contribution < 1.29 is 9.90 Å². The second-order valence-corrected chi connectivity index (χ2v) is 5.14. The van der Waals surface area contributed by atoms with Gasteiger partial charge >= 0.3 is 5.97 Å². The van der Waals surface area contributed by atoms with Crippen molar-refractivity contribution in [3.8, 4) is 0 Å². The van der Waals surface area contributed by atoms with Crippen LogP contribution in [0.1, 0.15) is 42.6 Å². The van der Waals surface area contributed by atoms with Crippen LogP contribution in [0, 0.1) is 12.8 Å². The lowest BCUT2D eigenvalue weighted by atomic mass is 10.0. The second-order valence-electron chi connectivity index (χ2n) is 4.14. The summed E-state index contributed by atoms with van der Waals surface area (Å²) in [6.45, 7) is 8.11. The van der Waals surface area contributed by atoms with E-state index in [1.807, 2.05) is 0 Å². The van der Waals surface area contributed by atoms with Crippen LogP contribution in [-0.4, -0.2) is 22.1 Å². The van der Waals surface area contributed by atoms with Gasteiger partial charge in [-0.3, -0.25) is 0 Å². The number of thiazole rings is 1. The standard InChI is InChI=1S/C11H18N2O2S/c1-5-8(6(2)3)13-11-12-7(4)9(16-11)10(14)15/h6,8H,5H2,1-4H3,(H,12,13)(H,14,15). The molecule has 90 valence electrons. The Balaban J connectivity index is 2.82. The summed E-state index contributed by atoms with van der Waals surface area (Å²) in [6, 6.07) is 0.340. The van der Waals surface area contributed by atoms with Gasteiger partial charge < -0.3 is 10.4 Å². The lowest BCUT2D eigenvalue weighted by Crippen LogP contribution is -2.24. The lowest BCUT2D eigenvalue weighted by molar-refractivity contribution is 0.0701. The van der Waals surface area contributed by atoms with Crippen molar-refractivity contribution in [2.45, 2.75) is 40.2 Å². The minimum Gasteiger partial charge on any atom is -0.477 e. The molecule has 1 rings (SSSR count). The van der Waals surface area contributed by atoms with Gasteiger partial charge in [0, 0.05) is 6.04 Å². The normalized spacial score (nSPS) is 12.8. The fraction of sp³-hybridized carbons (Fsp3) is 0.636. The van der Waals surface area contributed by atoms with E-state index in [1.165, 1.54) is 11.3 Å². The molecule has 0 aliphatic rings. The molecule has 0 amide bonds. The minimum atomic E-state index is -0.902. The van der Waals surface area contributed by atoms with Crippen molar-refractivity contribution >= 4 is 22.4 Å². The van der Waals surface area contributed by atoms with Gasteiger partial charge in [0.2, 0.25) is 0 Å². The highest BCUT2D eigenvalue weighted by Gasteiger charge is 2.17. The Morgan fingerprint density at radius 2 is 2.19 bits per heavy atom. The fourth-order valence-corrected chi connectivity index (χ4v) is 2.42. The zero-order valence-electron chi connectivity index (χ0n) is 10.1. The fourth-order valence-electron chi connectivity index (χ4n) is 1.56. The molecule has 0 aliphatic carbocycles. The molecule has 1 atom stereocenters. The van der Waals surface area contributed by atoms with E-state index in [9.17, 15) is 4.79 Å². The van der Waals surface area contributed by atoms with Crippen molar-refractivity contribution in [3.63, 3.8) is 0 Å². The number of anilines is 1. The first-order chi connectivity index (χ1) is 7.45. The third-order valence-electron chi connectivity index (χ3n) is 2.54. The Labute approximate surface area is 99.7 Å². The van der Waals surface area contributed by atoms with Gasteiger partial charge in [0.1, 0.15) is 4.88 Å². The van der Waals surface area contributed by atoms with Gasteiger partial charge in [0.05, 0.1) is 5.69 Å². The van der Waals surface area contributed by atoms with Crippen LogP contribution < -0.4 is 5.32 Å². The third-order valence-corrected chi connectivity index (χ3v) is 3.62. The molecule has 1 aromatic rings. The number of nitrogens with zero attached hydrogens (tertiary/aromatic N) is 1. The highest BCUT2D eigenvalue weighted by atomic mass is 32.1. The molecular formula is C11H18N2O2S. The lowest BCUT2D eigenvalue weighted by Gasteiger charge is -2.19. The number of aryl methyl sites for hydroxylation is 1. The predicted molar refractivity (Wildman–Crippen MR) is 66.4 cm³/mol. The number of carbonyl (C=O) groups is 1. The molecule has 2 N–H and O–H groups in total. The van der Waals surface area contributed by atoms with Crippen molar-refractivity contribution in [3.05, 3.63) is 10.6 Å². The maximum atomic E-state index is 10.9. The summed E-state index contributed by atoms with van der Waals surface area (Å²) in [4.78, 5) is 15.4. The number of hydrogen-bond donors (Lipinski definition) is 2. The number of carboxylic acids is 1. The van der Waals surface area contributed by atoms with Crippen LogP contribution >= 0.6 is 11.3 Å². The summed E-state index contributed by atoms with van der Waals surface area (Å²) in [5.74, 6) is -0.400. The zero-order chi connectivity index (χ0) is 12.3. The molecule has 1 unspecified atom stereocenters. The maximum absolute atomic E-state index is 10.9. The summed E-state index contributed by atoms with van der Waals surface area (Å²) in [7, 11) is 0. The van der Waals surface area contributed by atoms with E-state index < -0.39 is 5.97 Å². The highest BCUT2D eigenvalue weighted by Crippen LogP contribution is 2.24. The predicted octanol–water partition coefficient (Wildman–Crippen LogP) is 3.00. The van der Waals surface area contributed by atoms with E-state index in [-0.39, 0.29) is 0 Å². The Bertz CT molecular complexity index is 374. The Kier molecular flexibility index (Phi) is 4.29. The first-order valence-electron chi connectivity index (χ1n) is 5.43. The smallest absolute Gasteiger partial charge is 0.347 e. The van der Waals surface area contributed by atoms with E-state index in [0.29, 0.717) is 27.7 Å². The molecule has 0 saturated heterocycles. The van der Waals surface area contributed by atoms with Gasteiger partial charge in [-0.25, -0.2) is 9.78 Å². The Morgan fingerprint density at radius 1 is 1.56 bits per heavy atom. The third kappa shape index (κ3) is 2.95. The number of rotatable bonds is 5. The van der Waals surface area contributed by atoms with Gasteiger partial charge in [-0.2, -0.15) is 0 Å². The van der Waals surface area contributed by atoms with Gasteiger partial charge in [-0.1, -0.05) is 32.1 Å². The first-order valence-corrected chi connectivity index (χ1v) is 6.24. The van der Waals surface area contributed by atoms with Crippen LogP contribution in [0.15, 0.2) is 0 Å². The quantitative estimate of drug-likeness (QED) is 0.833. The summed E-state index contributed by atoms with van der Waals surface area (Å²) < 4.78 is 0. The summed E-state index contributed by atoms with van der Waals surface area (Å²) >= 11 is 1.21. The molecule has 1 aromatic heterocycles. The van der Waals surface area contributed by atoms with Crippen LogP contribution in [0.25, 0.3) is 0 Å². The van der Waals surface area contributed by atoms with Crippen LogP contribution in [0.3, 0.4) is 0 Å². The molecule has 0 fully saturated rings. The average molecular weight is 242 g/mol. The second kappa shape index (κ2) is 5.30. The van der Waals surface area contributed by atoms with E-state index in [0.717, 1.165) is 6.42 Å². The van der Waals surface area contributed by atoms with Crippen LogP contribution in [0.5, 0.6) is 0 Å². The zero-order valence-corrected chi connectivity index (χ0v) is 10.9. The Hall–Kier alpha value is -1.10. The molecule has 0 bridgehead atoms. The molecule has 0 aromatic carbocycles. The summed E-state index contributed by atoms with van der Waals surface area (Å²) in [6.07, 6.45) is 0.999. The summed E-state index contributed by atoms with van der Waals surface area (Å²) in [5, 5.41) is 12.9. The molecule has 0 radical (unpaired) electrons. The average Bonchev–Trinajstić information content (AvgIpc) is 2.55. The van der Waals surface area contributed by atoms with Crippen molar-refractivity contribution in [1.29, 1.82) is 0 Å². The molecule has 0 saturated carbocycles. The van der Waals surface area contributed by atoms with E-state index in [4.69, 9.17) is 5.11 Å². The SMILES string of the molecule is CCC(Nc1nc(C)c(C(=O)O)s1)C(C)C. The van der Waals surface area contributed by atoms with E-state index in [1.54, 1.807) is 6.92 Å². The first kappa shape index (κ1) is 13.0. The van der Waals surface area contributed by atoms with Crippen molar-refractivity contribution in [1.82, 2.24) is 4.98 Å². The van der Waals surface area contributed by atoms with Crippen molar-refractivity contribution in [2.75, 3.05) is 5.32 Å². The largest absolute Gasteiger partial charge is 0.477 e. The minimum absolute atomic E-state index is 0.320. The number of nitrogens with one attached hydrogen (secondary N) is 1. The maximum Gasteiger partial charge on any atom is 0.347 e. The van der Waals surface area contributed by atoms with Gasteiger partial charge in [0.25, 0.3) is 0 Å². The molecule has 0 spiro atoms. The summed E-state index contributed by atoms with van der Waals surface area (Å²) in [5.41, 5.74) is 0.582. The van der Waals surface area contributed by atoms with E-state index in [2.05, 4.69) is 31.1 Å². The molecule has 0 aliphatic heterocycles. The van der Waals surface area contributed by atoms with Crippen LogP contribution in [-0.2, 0) is 0 Å². The van der Waals surface area contributed by atoms with Crippen LogP contribution in [0.4, 0.5) is 5.13 Å². The number of aromatic nitrogens is 1. The van der Waals surface area contributed by atoms with Crippen molar-refractivity contribution in [2.24, 2.45) is 5.92 Å². The number of hydrogen-bond acceptors (Lipinski definition) is 4. The molecular weight excluding hydrogens is 224 g/mol. The topological polar surface area (TPSA) is 62.2 Å². The van der Waals surface area contributed by atoms with Gasteiger partial charge in [-0.15, -0.1) is 0 Å². The highest BCUT2D eigenvalue weighted by molar-refractivity contribution is 7.17. The molecule has 16 heavy (non-hydrogen) atoms. The molecule has 5 heteroatoms. The molecule has 1 heterocycles. The van der Waals surface area contributed by atoms with Crippen LogP contribution in [0.2, 0.25) is 0 Å². The van der Waals surface area contributed by atoms with Gasteiger partial charge in [0.15, 0.2) is 5.13 Å². The monoisotopic (exact) mass is 242 g/mol. The molecule has 4 nitrogen and oxygen atoms in total. The Morgan fingerprint density at radius 3 is 2.56 bits per heavy atom. The number of aromatic carboxylic acids is 1. The van der Waals surface area contributed by atoms with Gasteiger partial charge in [-0.05, 0) is 19.3 Å². The number of carboxylic acid groups (broad SMARTS) is 1. The van der Waals surface area contributed by atoms with E-state index >= 15 is 0 Å².